The highest BCUT2D eigenvalue weighted by Crippen LogP contribution is 2.27. The molecule has 0 spiro atoms. The first-order valence-electron chi connectivity index (χ1n) is 8.94. The quantitative estimate of drug-likeness (QED) is 0.908. The fourth-order valence-corrected chi connectivity index (χ4v) is 5.55. The second-order valence-electron chi connectivity index (χ2n) is 7.06. The summed E-state index contributed by atoms with van der Waals surface area (Å²) in [6, 6.07) is 12.9. The zero-order valence-corrected chi connectivity index (χ0v) is 15.0. The molecule has 0 bridgehead atoms. The van der Waals surface area contributed by atoms with Crippen molar-refractivity contribution in [1.82, 2.24) is 5.32 Å². The van der Waals surface area contributed by atoms with Crippen LogP contribution < -0.4 is 10.2 Å². The number of rotatable bonds is 4. The largest absolute Gasteiger partial charge is 0.464 e. The van der Waals surface area contributed by atoms with Crippen molar-refractivity contribution in [3.63, 3.8) is 0 Å². The standard InChI is InChI=1S/C19H24N2O3S/c22-25(23)12-8-17(14-25)20-16-6-9-21(10-7-16)18-4-1-3-15(13-18)19-5-2-11-24-19/h1-5,11,13,16-17,20H,6-10,12,14H2. The summed E-state index contributed by atoms with van der Waals surface area (Å²) in [4.78, 5) is 2.40. The van der Waals surface area contributed by atoms with Crippen LogP contribution >= 0.6 is 0 Å². The summed E-state index contributed by atoms with van der Waals surface area (Å²) < 4.78 is 28.7. The van der Waals surface area contributed by atoms with Gasteiger partial charge in [-0.25, -0.2) is 8.42 Å². The van der Waals surface area contributed by atoms with E-state index in [2.05, 4.69) is 34.5 Å². The van der Waals surface area contributed by atoms with Crippen LogP contribution in [0.4, 0.5) is 5.69 Å². The van der Waals surface area contributed by atoms with Crippen molar-refractivity contribution in [2.45, 2.75) is 31.3 Å². The highest BCUT2D eigenvalue weighted by atomic mass is 32.2. The van der Waals surface area contributed by atoms with Gasteiger partial charge in [-0.3, -0.25) is 0 Å². The van der Waals surface area contributed by atoms with Gasteiger partial charge in [0, 0.05) is 36.4 Å². The average molecular weight is 360 g/mol. The van der Waals surface area contributed by atoms with Crippen LogP contribution in [0.25, 0.3) is 11.3 Å². The van der Waals surface area contributed by atoms with E-state index in [1.165, 1.54) is 5.69 Å². The molecule has 2 saturated heterocycles. The Labute approximate surface area is 148 Å². The Balaban J connectivity index is 1.35. The second kappa shape index (κ2) is 6.84. The van der Waals surface area contributed by atoms with Crippen LogP contribution in [0.5, 0.6) is 0 Å². The third-order valence-electron chi connectivity index (χ3n) is 5.22. The van der Waals surface area contributed by atoms with Crippen LogP contribution in [-0.2, 0) is 9.84 Å². The number of hydrogen-bond acceptors (Lipinski definition) is 5. The molecule has 134 valence electrons. The summed E-state index contributed by atoms with van der Waals surface area (Å²) in [5, 5.41) is 3.56. The van der Waals surface area contributed by atoms with Gasteiger partial charge in [0.25, 0.3) is 0 Å². The van der Waals surface area contributed by atoms with E-state index < -0.39 is 9.84 Å². The Bertz CT molecular complexity index is 809. The van der Waals surface area contributed by atoms with E-state index in [1.807, 2.05) is 12.1 Å². The lowest BCUT2D eigenvalue weighted by Crippen LogP contribution is -2.46. The molecular formula is C19H24N2O3S. The molecule has 6 heteroatoms. The number of hydrogen-bond donors (Lipinski definition) is 1. The average Bonchev–Trinajstić information content (AvgIpc) is 3.25. The van der Waals surface area contributed by atoms with E-state index in [0.29, 0.717) is 17.5 Å². The lowest BCUT2D eigenvalue weighted by Gasteiger charge is -2.35. The molecule has 0 amide bonds. The molecule has 2 fully saturated rings. The predicted octanol–water partition coefficient (Wildman–Crippen LogP) is 2.69. The molecule has 1 aromatic carbocycles. The van der Waals surface area contributed by atoms with E-state index in [9.17, 15) is 8.42 Å². The van der Waals surface area contributed by atoms with Crippen LogP contribution in [0.1, 0.15) is 19.3 Å². The SMILES string of the molecule is O=S1(=O)CCC(NC2CCN(c3cccc(-c4ccco4)c3)CC2)C1. The van der Waals surface area contributed by atoms with Gasteiger partial charge in [0.1, 0.15) is 5.76 Å². The van der Waals surface area contributed by atoms with Crippen molar-refractivity contribution in [1.29, 1.82) is 0 Å². The lowest BCUT2D eigenvalue weighted by atomic mass is 10.0. The Morgan fingerprint density at radius 2 is 1.88 bits per heavy atom. The number of piperidine rings is 1. The molecule has 0 aliphatic carbocycles. The molecule has 25 heavy (non-hydrogen) atoms. The topological polar surface area (TPSA) is 62.6 Å². The van der Waals surface area contributed by atoms with Gasteiger partial charge < -0.3 is 14.6 Å². The van der Waals surface area contributed by atoms with E-state index in [0.717, 1.165) is 43.7 Å². The minimum Gasteiger partial charge on any atom is -0.464 e. The molecule has 0 radical (unpaired) electrons. The molecule has 2 aliphatic heterocycles. The molecule has 1 aromatic heterocycles. The maximum absolute atomic E-state index is 11.6. The van der Waals surface area contributed by atoms with Crippen molar-refractivity contribution in [3.05, 3.63) is 42.7 Å². The minimum atomic E-state index is -2.81. The van der Waals surface area contributed by atoms with E-state index >= 15 is 0 Å². The monoisotopic (exact) mass is 360 g/mol. The van der Waals surface area contributed by atoms with Crippen molar-refractivity contribution in [2.24, 2.45) is 0 Å². The van der Waals surface area contributed by atoms with Gasteiger partial charge in [0.15, 0.2) is 9.84 Å². The zero-order valence-electron chi connectivity index (χ0n) is 14.2. The number of nitrogens with one attached hydrogen (secondary N) is 1. The van der Waals surface area contributed by atoms with E-state index in [4.69, 9.17) is 4.42 Å². The number of benzene rings is 1. The predicted molar refractivity (Wildman–Crippen MR) is 99.6 cm³/mol. The van der Waals surface area contributed by atoms with Gasteiger partial charge in [-0.15, -0.1) is 0 Å². The third-order valence-corrected chi connectivity index (χ3v) is 6.98. The van der Waals surface area contributed by atoms with Crippen LogP contribution in [0.15, 0.2) is 47.1 Å². The first kappa shape index (κ1) is 16.7. The van der Waals surface area contributed by atoms with Crippen LogP contribution in [0.2, 0.25) is 0 Å². The van der Waals surface area contributed by atoms with Gasteiger partial charge >= 0.3 is 0 Å². The molecule has 1 N–H and O–H groups in total. The highest BCUT2D eigenvalue weighted by Gasteiger charge is 2.30. The maximum Gasteiger partial charge on any atom is 0.151 e. The number of nitrogens with zero attached hydrogens (tertiary/aromatic N) is 1. The third kappa shape index (κ3) is 3.90. The van der Waals surface area contributed by atoms with E-state index in [-0.39, 0.29) is 6.04 Å². The molecule has 3 heterocycles. The molecule has 5 nitrogen and oxygen atoms in total. The van der Waals surface area contributed by atoms with Crippen molar-refractivity contribution >= 4 is 15.5 Å². The fraction of sp³-hybridized carbons (Fsp3) is 0.474. The number of furan rings is 1. The lowest BCUT2D eigenvalue weighted by molar-refractivity contribution is 0.379. The van der Waals surface area contributed by atoms with Crippen LogP contribution in [0.3, 0.4) is 0 Å². The Hall–Kier alpha value is -1.79. The van der Waals surface area contributed by atoms with Crippen LogP contribution in [0, 0.1) is 0 Å². The summed E-state index contributed by atoms with van der Waals surface area (Å²) in [5.74, 6) is 1.53. The summed E-state index contributed by atoms with van der Waals surface area (Å²) >= 11 is 0. The molecule has 0 saturated carbocycles. The van der Waals surface area contributed by atoms with Gasteiger partial charge in [0.2, 0.25) is 0 Å². The summed E-state index contributed by atoms with van der Waals surface area (Å²) in [7, 11) is -2.81. The Morgan fingerprint density at radius 3 is 2.56 bits per heavy atom. The second-order valence-corrected chi connectivity index (χ2v) is 9.28. The van der Waals surface area contributed by atoms with Gasteiger partial charge in [-0.2, -0.15) is 0 Å². The molecular weight excluding hydrogens is 336 g/mol. The Morgan fingerprint density at radius 1 is 1.04 bits per heavy atom. The molecule has 1 unspecified atom stereocenters. The van der Waals surface area contributed by atoms with Gasteiger partial charge in [-0.1, -0.05) is 12.1 Å². The summed E-state index contributed by atoms with van der Waals surface area (Å²) in [5.41, 5.74) is 2.31. The van der Waals surface area contributed by atoms with Gasteiger partial charge in [0.05, 0.1) is 17.8 Å². The number of sulfone groups is 1. The summed E-state index contributed by atoms with van der Waals surface area (Å²) in [6.07, 6.45) is 4.54. The molecule has 1 atom stereocenters. The first-order chi connectivity index (χ1) is 12.1. The number of anilines is 1. The van der Waals surface area contributed by atoms with Crippen LogP contribution in [-0.4, -0.2) is 45.1 Å². The summed E-state index contributed by atoms with van der Waals surface area (Å²) in [6.45, 7) is 1.97. The first-order valence-corrected chi connectivity index (χ1v) is 10.8. The molecule has 4 rings (SSSR count). The molecule has 2 aromatic rings. The Kier molecular flexibility index (Phi) is 4.56. The zero-order chi connectivity index (χ0) is 17.3. The van der Waals surface area contributed by atoms with Crippen molar-refractivity contribution in [3.8, 4) is 11.3 Å². The van der Waals surface area contributed by atoms with E-state index in [1.54, 1.807) is 6.26 Å². The molecule has 2 aliphatic rings. The smallest absolute Gasteiger partial charge is 0.151 e. The maximum atomic E-state index is 11.6. The van der Waals surface area contributed by atoms with Crippen molar-refractivity contribution < 1.29 is 12.8 Å². The minimum absolute atomic E-state index is 0.142. The fourth-order valence-electron chi connectivity index (χ4n) is 3.86. The normalized spacial score (nSPS) is 23.8. The van der Waals surface area contributed by atoms with Gasteiger partial charge in [-0.05, 0) is 43.5 Å². The highest BCUT2D eigenvalue weighted by molar-refractivity contribution is 7.91. The van der Waals surface area contributed by atoms with Crippen molar-refractivity contribution in [2.75, 3.05) is 29.5 Å².